The minimum absolute atomic E-state index is 0.0915. The van der Waals surface area contributed by atoms with Crippen LogP contribution < -0.4 is 15.7 Å². The molecule has 1 atom stereocenters. The largest absolute Gasteiger partial charge is 0.490 e. The smallest absolute Gasteiger partial charge is 0.331 e. The van der Waals surface area contributed by atoms with Crippen LogP contribution in [0.5, 0.6) is 5.75 Å². The second kappa shape index (κ2) is 9.52. The highest BCUT2D eigenvalue weighted by Crippen LogP contribution is 2.37. The number of rotatable bonds is 4. The van der Waals surface area contributed by atoms with Gasteiger partial charge in [0.15, 0.2) is 17.2 Å². The molecule has 5 heterocycles. The molecule has 1 N–H and O–H groups in total. The fraction of sp³-hybridized carbons (Fsp3) is 0.296. The first kappa shape index (κ1) is 24.4. The van der Waals surface area contributed by atoms with Crippen molar-refractivity contribution in [2.75, 3.05) is 32.8 Å². The quantitative estimate of drug-likeness (QED) is 0.367. The summed E-state index contributed by atoms with van der Waals surface area (Å²) in [6.07, 6.45) is 3.36. The summed E-state index contributed by atoms with van der Waals surface area (Å²) in [5.74, 6) is -0.887. The van der Waals surface area contributed by atoms with Gasteiger partial charge in [-0.1, -0.05) is 12.1 Å². The molecule has 0 aliphatic carbocycles. The molecule has 1 saturated heterocycles. The Morgan fingerprint density at radius 2 is 1.95 bits per heavy atom. The molecule has 1 fully saturated rings. The highest BCUT2D eigenvalue weighted by molar-refractivity contribution is 5.80. The van der Waals surface area contributed by atoms with Crippen LogP contribution in [0.3, 0.4) is 0 Å². The summed E-state index contributed by atoms with van der Waals surface area (Å²) in [7, 11) is 0. The molecule has 40 heavy (non-hydrogen) atoms. The summed E-state index contributed by atoms with van der Waals surface area (Å²) in [6, 6.07) is 8.21. The molecule has 0 radical (unpaired) electrons. The minimum atomic E-state index is -0.593. The van der Waals surface area contributed by atoms with E-state index in [-0.39, 0.29) is 36.4 Å². The second-order valence-electron chi connectivity index (χ2n) is 9.81. The number of imidazole rings is 2. The number of hydrogen-bond donors (Lipinski definition) is 1. The van der Waals surface area contributed by atoms with Crippen molar-refractivity contribution in [1.82, 2.24) is 38.9 Å². The maximum absolute atomic E-state index is 14.6. The van der Waals surface area contributed by atoms with Crippen LogP contribution in [0.2, 0.25) is 0 Å². The van der Waals surface area contributed by atoms with Crippen molar-refractivity contribution in [1.29, 1.82) is 0 Å². The van der Waals surface area contributed by atoms with Crippen molar-refractivity contribution in [2.24, 2.45) is 0 Å². The zero-order chi connectivity index (χ0) is 27.4. The highest BCUT2D eigenvalue weighted by atomic mass is 19.1. The van der Waals surface area contributed by atoms with Crippen LogP contribution in [0.4, 0.5) is 8.78 Å². The van der Waals surface area contributed by atoms with Crippen LogP contribution in [-0.2, 0) is 11.3 Å². The van der Waals surface area contributed by atoms with Gasteiger partial charge >= 0.3 is 5.69 Å². The Balaban J connectivity index is 1.41. The molecule has 11 nitrogen and oxygen atoms in total. The van der Waals surface area contributed by atoms with Gasteiger partial charge in [-0.15, -0.1) is 0 Å². The predicted octanol–water partition coefficient (Wildman–Crippen LogP) is 2.01. The fourth-order valence-electron chi connectivity index (χ4n) is 5.52. The van der Waals surface area contributed by atoms with E-state index < -0.39 is 23.4 Å². The van der Waals surface area contributed by atoms with E-state index in [4.69, 9.17) is 9.72 Å². The lowest BCUT2D eigenvalue weighted by atomic mass is 10.00. The van der Waals surface area contributed by atoms with Crippen LogP contribution >= 0.6 is 0 Å². The Morgan fingerprint density at radius 1 is 1.10 bits per heavy atom. The summed E-state index contributed by atoms with van der Waals surface area (Å²) >= 11 is 0. The molecule has 0 saturated carbocycles. The summed E-state index contributed by atoms with van der Waals surface area (Å²) in [5, 5.41) is 3.21. The highest BCUT2D eigenvalue weighted by Gasteiger charge is 2.31. The normalized spacial score (nSPS) is 17.2. The molecule has 1 unspecified atom stereocenters. The van der Waals surface area contributed by atoms with Gasteiger partial charge in [0, 0.05) is 44.2 Å². The number of carbonyl (C=O) groups is 1. The molecule has 2 aromatic carbocycles. The van der Waals surface area contributed by atoms with E-state index in [9.17, 15) is 18.4 Å². The van der Waals surface area contributed by atoms with E-state index in [2.05, 4.69) is 15.3 Å². The lowest BCUT2D eigenvalue weighted by molar-refractivity contribution is -0.132. The average Bonchev–Trinajstić information content (AvgIpc) is 3.51. The molecule has 7 rings (SSSR count). The summed E-state index contributed by atoms with van der Waals surface area (Å²) in [4.78, 5) is 42.4. The lowest BCUT2D eigenvalue weighted by Crippen LogP contribution is -2.48. The molecule has 204 valence electrons. The number of piperazine rings is 1. The molecular weight excluding hydrogens is 522 g/mol. The van der Waals surface area contributed by atoms with Crippen LogP contribution in [-0.4, -0.2) is 72.2 Å². The Labute approximate surface area is 225 Å². The van der Waals surface area contributed by atoms with E-state index in [1.54, 1.807) is 23.1 Å². The molecule has 3 aromatic heterocycles. The summed E-state index contributed by atoms with van der Waals surface area (Å²) < 4.78 is 38.7. The van der Waals surface area contributed by atoms with Gasteiger partial charge in [-0.3, -0.25) is 18.5 Å². The maximum atomic E-state index is 14.6. The Hall–Kier alpha value is -4.65. The lowest BCUT2D eigenvalue weighted by Gasteiger charge is -2.27. The van der Waals surface area contributed by atoms with Crippen molar-refractivity contribution in [3.63, 3.8) is 0 Å². The van der Waals surface area contributed by atoms with E-state index in [0.29, 0.717) is 54.7 Å². The van der Waals surface area contributed by atoms with Gasteiger partial charge in [0.2, 0.25) is 11.9 Å². The van der Waals surface area contributed by atoms with Gasteiger partial charge < -0.3 is 15.0 Å². The molecule has 13 heteroatoms. The SMILES string of the molecule is O=C(Cn1c(=O)n(C2CCOc3c(F)cccc32)c2nc(-n3cnc4ccc(F)cc43)ncc21)N1CCNCC1. The molecule has 1 amide bonds. The molecular formula is C27H24F2N8O3. The third kappa shape index (κ3) is 3.92. The van der Waals surface area contributed by atoms with E-state index in [1.807, 2.05) is 0 Å². The zero-order valence-electron chi connectivity index (χ0n) is 21.3. The Bertz CT molecular complexity index is 1840. The summed E-state index contributed by atoms with van der Waals surface area (Å²) in [5.41, 5.74) is 1.68. The zero-order valence-corrected chi connectivity index (χ0v) is 21.3. The molecule has 2 aliphatic rings. The second-order valence-corrected chi connectivity index (χ2v) is 9.81. The van der Waals surface area contributed by atoms with Crippen LogP contribution in [0.1, 0.15) is 18.0 Å². The third-order valence-electron chi connectivity index (χ3n) is 7.49. The van der Waals surface area contributed by atoms with Crippen LogP contribution in [0.15, 0.2) is 53.7 Å². The maximum Gasteiger partial charge on any atom is 0.331 e. The molecule has 0 spiro atoms. The first-order chi connectivity index (χ1) is 19.5. The molecule has 0 bridgehead atoms. The van der Waals surface area contributed by atoms with Crippen molar-refractivity contribution in [2.45, 2.75) is 19.0 Å². The van der Waals surface area contributed by atoms with Gasteiger partial charge in [-0.05, 0) is 18.2 Å². The number of nitrogens with zero attached hydrogens (tertiary/aromatic N) is 7. The minimum Gasteiger partial charge on any atom is -0.490 e. The number of hydrogen-bond acceptors (Lipinski definition) is 7. The standard InChI is InChI=1S/C27H24F2N8O3/c28-16-4-5-19-21(12-16)36(15-32-19)26-31-13-22-25(33-26)37(20-6-11-40-24-17(20)2-1-3-18(24)29)27(39)35(22)14-23(38)34-9-7-30-8-10-34/h1-5,12-13,15,20,30H,6-11,14H2. The van der Waals surface area contributed by atoms with Crippen molar-refractivity contribution in [3.05, 3.63) is 76.6 Å². The van der Waals surface area contributed by atoms with Crippen LogP contribution in [0.25, 0.3) is 28.1 Å². The number of halogens is 2. The van der Waals surface area contributed by atoms with Gasteiger partial charge in [0.25, 0.3) is 0 Å². The van der Waals surface area contributed by atoms with Crippen molar-refractivity contribution >= 4 is 28.1 Å². The number of ether oxygens (including phenoxy) is 1. The van der Waals surface area contributed by atoms with Crippen LogP contribution in [0, 0.1) is 11.6 Å². The number of benzene rings is 2. The molecule has 5 aromatic rings. The van der Waals surface area contributed by atoms with E-state index >= 15 is 0 Å². The van der Waals surface area contributed by atoms with Gasteiger partial charge in [0.05, 0.1) is 29.9 Å². The number of aromatic nitrogens is 6. The number of nitrogens with one attached hydrogen (secondary N) is 1. The van der Waals surface area contributed by atoms with E-state index in [1.165, 1.54) is 44.4 Å². The van der Waals surface area contributed by atoms with Crippen molar-refractivity contribution < 1.29 is 18.3 Å². The number of fused-ring (bicyclic) bond motifs is 3. The van der Waals surface area contributed by atoms with Gasteiger partial charge in [-0.2, -0.15) is 4.98 Å². The first-order valence-corrected chi connectivity index (χ1v) is 13.0. The van der Waals surface area contributed by atoms with Crippen molar-refractivity contribution in [3.8, 4) is 11.7 Å². The Kier molecular flexibility index (Phi) is 5.81. The van der Waals surface area contributed by atoms with E-state index in [0.717, 1.165) is 0 Å². The number of para-hydroxylation sites is 1. The van der Waals surface area contributed by atoms with Gasteiger partial charge in [0.1, 0.15) is 24.2 Å². The molecule has 2 aliphatic heterocycles. The Morgan fingerprint density at radius 3 is 2.80 bits per heavy atom. The number of carbonyl (C=O) groups excluding carboxylic acids is 1. The topological polar surface area (TPSA) is 112 Å². The first-order valence-electron chi connectivity index (χ1n) is 13.0. The third-order valence-corrected chi connectivity index (χ3v) is 7.49. The summed E-state index contributed by atoms with van der Waals surface area (Å²) in [6.45, 7) is 2.45. The fourth-order valence-corrected chi connectivity index (χ4v) is 5.52. The predicted molar refractivity (Wildman–Crippen MR) is 140 cm³/mol. The average molecular weight is 547 g/mol. The van der Waals surface area contributed by atoms with Gasteiger partial charge in [-0.25, -0.2) is 23.5 Å². The monoisotopic (exact) mass is 546 g/mol. The number of amides is 1.